The molecular formula is C73H119O11+. The first-order valence-corrected chi connectivity index (χ1v) is 32.6. The van der Waals surface area contributed by atoms with Gasteiger partial charge in [-0.2, -0.15) is 0 Å². The topological polar surface area (TPSA) is 149 Å². The minimum atomic E-state index is -0.170. The number of rotatable bonds is 9. The number of fused-ring (bicyclic) bond motifs is 5. The molecule has 0 aromatic carbocycles. The summed E-state index contributed by atoms with van der Waals surface area (Å²) in [7, 11) is 0. The lowest BCUT2D eigenvalue weighted by Crippen LogP contribution is -2.43. The van der Waals surface area contributed by atoms with Crippen LogP contribution in [0.25, 0.3) is 0 Å². The van der Waals surface area contributed by atoms with E-state index in [-0.39, 0.29) is 92.0 Å². The molecule has 18 atom stereocenters. The van der Waals surface area contributed by atoms with Gasteiger partial charge in [-0.25, -0.2) is 0 Å². The van der Waals surface area contributed by atoms with Crippen LogP contribution in [-0.4, -0.2) is 66.7 Å². The van der Waals surface area contributed by atoms with E-state index in [2.05, 4.69) is 92.7 Å². The first-order valence-electron chi connectivity index (χ1n) is 32.6. The van der Waals surface area contributed by atoms with E-state index in [4.69, 9.17) is 23.7 Å². The van der Waals surface area contributed by atoms with Crippen molar-refractivity contribution < 1.29 is 52.5 Å². The van der Waals surface area contributed by atoms with Crippen LogP contribution in [0.1, 0.15) is 266 Å². The minimum Gasteiger partial charge on any atom is -0.462 e. The largest absolute Gasteiger partial charge is 0.462 e. The van der Waals surface area contributed by atoms with Gasteiger partial charge in [0.2, 0.25) is 0 Å². The highest BCUT2D eigenvalue weighted by atomic mass is 16.6. The summed E-state index contributed by atoms with van der Waals surface area (Å²) in [5.41, 5.74) is 5.95. The molecule has 0 spiro atoms. The number of ether oxygens (including phenoxy) is 5. The van der Waals surface area contributed by atoms with Crippen molar-refractivity contribution in [1.82, 2.24) is 0 Å². The van der Waals surface area contributed by atoms with Gasteiger partial charge in [0, 0.05) is 101 Å². The highest BCUT2D eigenvalue weighted by Gasteiger charge is 2.56. The number of hydrogen-bond acceptors (Lipinski definition) is 11. The fraction of sp³-hybridized carbons (Fsp3) is 0.795. The van der Waals surface area contributed by atoms with Crippen LogP contribution in [-0.2, 0) is 52.5 Å². The quantitative estimate of drug-likeness (QED) is 0.0714. The second-order valence-corrected chi connectivity index (χ2v) is 28.0. The Labute approximate surface area is 511 Å². The monoisotopic (exact) mass is 1170 g/mol. The molecule has 9 saturated carbocycles. The van der Waals surface area contributed by atoms with E-state index in [1.54, 1.807) is 11.1 Å². The lowest BCUT2D eigenvalue weighted by molar-refractivity contribution is -0.156. The van der Waals surface area contributed by atoms with Crippen LogP contribution in [0.3, 0.4) is 0 Å². The summed E-state index contributed by atoms with van der Waals surface area (Å²) in [5, 5.41) is 0. The van der Waals surface area contributed by atoms with Crippen molar-refractivity contribution in [3.8, 4) is 0 Å². The molecule has 10 rings (SSSR count). The fourth-order valence-corrected chi connectivity index (χ4v) is 19.4. The predicted molar refractivity (Wildman–Crippen MR) is 338 cm³/mol. The smallest absolute Gasteiger partial charge is 0.302 e. The molecule has 0 saturated heterocycles. The summed E-state index contributed by atoms with van der Waals surface area (Å²) in [6, 6.07) is 0. The van der Waals surface area contributed by atoms with E-state index in [1.165, 1.54) is 111 Å². The normalized spacial score (nSPS) is 39.5. The van der Waals surface area contributed by atoms with E-state index in [9.17, 15) is 28.8 Å². The highest BCUT2D eigenvalue weighted by Crippen LogP contribution is 2.60. The number of esters is 5. The second kappa shape index (κ2) is 31.2. The van der Waals surface area contributed by atoms with Gasteiger partial charge < -0.3 is 28.5 Å². The molecule has 9 fully saturated rings. The molecule has 0 aromatic rings. The van der Waals surface area contributed by atoms with Crippen LogP contribution in [0.2, 0.25) is 0 Å². The maximum Gasteiger partial charge on any atom is 0.302 e. The molecule has 84 heavy (non-hydrogen) atoms. The number of carbonyl (C=O) groups excluding carboxylic acids is 6. The standard InChI is InChI=1S/C15H24O3.3C14H22O2.C14H21O2.2CH4/c1-10(9-16)12-6-7-13-14(18-11(2)17)5-4-8-15(12,13)3;4*1-4-11-7-8-12-13(16-10(2)15)6-5-9-14(11,12)3;;/h9-10,12-14H,4-8H2,1-3H3;7,12-13H,4-6,8-9H2,1-3H3;4,12-13H,5-9H2,1-3H3;4,11-13H,1,5-9H2,2-3H3;4,7,12-13H,5-6,8-9H2,1-3H3;2*1H4/q;;;;+1;;/b;;11-4+;;11-4-;;/t10-,12-,13?,14+,15-;2*12?,13-,14+;11?,12?,13-,14+;12?,13-,14+;;/m10000../s1. The van der Waals surface area contributed by atoms with Gasteiger partial charge in [0.1, 0.15) is 42.4 Å². The van der Waals surface area contributed by atoms with Gasteiger partial charge in [-0.3, -0.25) is 24.0 Å². The third-order valence-corrected chi connectivity index (χ3v) is 23.4. The number of allylic oxidation sites excluding steroid dienone is 7. The van der Waals surface area contributed by atoms with Gasteiger partial charge in [0.05, 0.1) is 0 Å². The zero-order valence-electron chi connectivity index (χ0n) is 53.6. The molecule has 0 aromatic heterocycles. The molecule has 11 heteroatoms. The van der Waals surface area contributed by atoms with Crippen LogP contribution < -0.4 is 0 Å². The van der Waals surface area contributed by atoms with E-state index in [0.717, 1.165) is 89.8 Å². The van der Waals surface area contributed by atoms with Gasteiger partial charge >= 0.3 is 29.8 Å². The number of aldehydes is 1. The summed E-state index contributed by atoms with van der Waals surface area (Å²) in [4.78, 5) is 66.7. The van der Waals surface area contributed by atoms with Gasteiger partial charge in [0.25, 0.3) is 0 Å². The SMILES string of the molecule is C.C.C/C=C1/[CH+]CC2[C@@H](OC(C)=O)CCC[C@]12C.C/C=C1\CCC2[C@@H](OC(C)=O)CCC[C@]12C.C=CC1CCC2[C@@H](OC(C)=O)CCC[C@]12C.CC(=O)O[C@H]1CCC[C@@]2(C)C1CC[C@@H]2[C@H](C)C=O.CCC1=CCC2[C@@H](OC(C)=O)CCC[C@]12C. The molecule has 6 unspecified atom stereocenters. The molecular weight excluding hydrogens is 1050 g/mol. The zero-order valence-corrected chi connectivity index (χ0v) is 53.6. The molecule has 10 aliphatic rings. The Balaban J connectivity index is 0.000000224. The van der Waals surface area contributed by atoms with E-state index in [1.807, 2.05) is 6.92 Å². The Kier molecular flexibility index (Phi) is 26.8. The van der Waals surface area contributed by atoms with Crippen LogP contribution in [0, 0.1) is 80.8 Å². The van der Waals surface area contributed by atoms with Gasteiger partial charge in [-0.1, -0.05) is 92.7 Å². The summed E-state index contributed by atoms with van der Waals surface area (Å²) in [6.45, 7) is 31.7. The molecule has 11 nitrogen and oxygen atoms in total. The summed E-state index contributed by atoms with van der Waals surface area (Å²) < 4.78 is 27.5. The molecule has 0 N–H and O–H groups in total. The molecule has 0 heterocycles. The zero-order chi connectivity index (χ0) is 60.4. The van der Waals surface area contributed by atoms with Crippen molar-refractivity contribution in [3.05, 3.63) is 54.0 Å². The van der Waals surface area contributed by atoms with Crippen molar-refractivity contribution in [2.75, 3.05) is 0 Å². The summed E-state index contributed by atoms with van der Waals surface area (Å²) >= 11 is 0. The van der Waals surface area contributed by atoms with E-state index < -0.39 is 0 Å². The summed E-state index contributed by atoms with van der Waals surface area (Å²) in [5.74, 6) is 3.08. The Morgan fingerprint density at radius 3 is 1.45 bits per heavy atom. The van der Waals surface area contributed by atoms with Crippen molar-refractivity contribution in [2.24, 2.45) is 74.4 Å². The minimum absolute atomic E-state index is 0. The third-order valence-electron chi connectivity index (χ3n) is 23.4. The van der Waals surface area contributed by atoms with Crippen molar-refractivity contribution in [2.45, 2.75) is 296 Å². The molecule has 10 aliphatic carbocycles. The average Bonchev–Trinajstić information content (AvgIpc) is 4.40. The van der Waals surface area contributed by atoms with Crippen molar-refractivity contribution >= 4 is 36.1 Å². The Morgan fingerprint density at radius 1 is 0.560 bits per heavy atom. The lowest BCUT2D eigenvalue weighted by Gasteiger charge is -2.45. The summed E-state index contributed by atoms with van der Waals surface area (Å²) in [6.07, 6.45) is 40.5. The molecule has 0 amide bonds. The van der Waals surface area contributed by atoms with Crippen LogP contribution in [0.5, 0.6) is 0 Å². The molecule has 0 bridgehead atoms. The fourth-order valence-electron chi connectivity index (χ4n) is 19.4. The van der Waals surface area contributed by atoms with E-state index >= 15 is 0 Å². The van der Waals surface area contributed by atoms with Crippen LogP contribution >= 0.6 is 0 Å². The lowest BCUT2D eigenvalue weighted by atomic mass is 9.62. The van der Waals surface area contributed by atoms with E-state index in [0.29, 0.717) is 57.7 Å². The number of hydrogen-bond donors (Lipinski definition) is 0. The van der Waals surface area contributed by atoms with Gasteiger partial charge in [-0.05, 0) is 188 Å². The maximum absolute atomic E-state index is 11.2. The Morgan fingerprint density at radius 2 is 0.988 bits per heavy atom. The predicted octanol–water partition coefficient (Wildman–Crippen LogP) is 17.8. The Hall–Kier alpha value is -4.15. The van der Waals surface area contributed by atoms with Crippen molar-refractivity contribution in [1.29, 1.82) is 0 Å². The molecule has 0 radical (unpaired) electrons. The Bertz CT molecular complexity index is 2270. The highest BCUT2D eigenvalue weighted by molar-refractivity contribution is 5.67. The van der Waals surface area contributed by atoms with Crippen molar-refractivity contribution in [3.63, 3.8) is 0 Å². The molecule has 0 aliphatic heterocycles. The third kappa shape index (κ3) is 15.9. The second-order valence-electron chi connectivity index (χ2n) is 28.0. The first-order chi connectivity index (χ1) is 38.8. The first kappa shape index (κ1) is 72.3. The van der Waals surface area contributed by atoms with Crippen LogP contribution in [0.15, 0.2) is 47.6 Å². The van der Waals surface area contributed by atoms with Gasteiger partial charge in [-0.15, -0.1) is 6.58 Å². The number of carbonyl (C=O) groups is 6. The maximum atomic E-state index is 11.2. The van der Waals surface area contributed by atoms with Gasteiger partial charge in [0.15, 0.2) is 0 Å². The molecule has 476 valence electrons. The average molecular weight is 1170 g/mol. The van der Waals surface area contributed by atoms with Crippen LogP contribution in [0.4, 0.5) is 0 Å².